The quantitative estimate of drug-likeness (QED) is 0.720. The van der Waals surface area contributed by atoms with Gasteiger partial charge in [-0.1, -0.05) is 18.2 Å². The number of amides is 1. The number of hydrogen-bond donors (Lipinski definition) is 0. The number of hydrogen-bond acceptors (Lipinski definition) is 7. The van der Waals surface area contributed by atoms with Gasteiger partial charge in [-0.2, -0.15) is 0 Å². The predicted octanol–water partition coefficient (Wildman–Crippen LogP) is 1.18. The van der Waals surface area contributed by atoms with Crippen molar-refractivity contribution < 1.29 is 22.7 Å². The van der Waals surface area contributed by atoms with Crippen LogP contribution in [0.4, 0.5) is 0 Å². The third-order valence-electron chi connectivity index (χ3n) is 6.44. The van der Waals surface area contributed by atoms with E-state index < -0.39 is 20.7 Å². The van der Waals surface area contributed by atoms with Crippen molar-refractivity contribution in [1.29, 1.82) is 0 Å². The summed E-state index contributed by atoms with van der Waals surface area (Å²) in [5.41, 5.74) is 1.79. The summed E-state index contributed by atoms with van der Waals surface area (Å²) in [6.07, 6.45) is 2.06. The Bertz CT molecular complexity index is 1070. The molecule has 158 valence electrons. The van der Waals surface area contributed by atoms with Gasteiger partial charge in [-0.25, -0.2) is 18.4 Å². The first-order chi connectivity index (χ1) is 14.4. The van der Waals surface area contributed by atoms with Gasteiger partial charge in [0.05, 0.1) is 12.4 Å². The average molecular weight is 429 g/mol. The zero-order chi connectivity index (χ0) is 20.9. The van der Waals surface area contributed by atoms with Crippen LogP contribution in [0.5, 0.6) is 11.8 Å². The third kappa shape index (κ3) is 3.03. The van der Waals surface area contributed by atoms with Crippen LogP contribution >= 0.6 is 0 Å². The highest BCUT2D eigenvalue weighted by atomic mass is 32.2. The molecule has 9 heteroatoms. The minimum Gasteiger partial charge on any atom is -0.480 e. The number of rotatable bonds is 4. The van der Waals surface area contributed by atoms with Crippen molar-refractivity contribution in [1.82, 2.24) is 14.9 Å². The Morgan fingerprint density at radius 3 is 2.87 bits per heavy atom. The number of ether oxygens (including phenoxy) is 2. The molecule has 0 N–H and O–H groups in total. The standard InChI is InChI=1S/C21H23N3O5S/c1-14-6-8-22-20(23-14)28-11-16-7-9-30(26,27)21(16)12-24(13-21)19(25)18-10-15-4-2-3-5-17(15)29-18/h2-6,8,16,18H,7,9-13H2,1H3/t16-,18-/m0/s1. The van der Waals surface area contributed by atoms with Gasteiger partial charge < -0.3 is 14.4 Å². The lowest BCUT2D eigenvalue weighted by Gasteiger charge is -2.50. The van der Waals surface area contributed by atoms with Crippen molar-refractivity contribution in [3.63, 3.8) is 0 Å². The minimum absolute atomic E-state index is 0.114. The van der Waals surface area contributed by atoms with E-state index in [9.17, 15) is 13.2 Å². The second kappa shape index (κ2) is 6.94. The van der Waals surface area contributed by atoms with E-state index in [4.69, 9.17) is 9.47 Å². The van der Waals surface area contributed by atoms with Gasteiger partial charge in [-0.05, 0) is 31.0 Å². The molecule has 1 aromatic heterocycles. The van der Waals surface area contributed by atoms with Crippen LogP contribution in [-0.4, -0.2) is 65.5 Å². The maximum absolute atomic E-state index is 12.9. The molecule has 2 atom stereocenters. The maximum Gasteiger partial charge on any atom is 0.316 e. The van der Waals surface area contributed by atoms with Crippen molar-refractivity contribution in [2.45, 2.75) is 30.6 Å². The number of fused-ring (bicyclic) bond motifs is 1. The molecule has 1 amide bonds. The first-order valence-electron chi connectivity index (χ1n) is 10.1. The van der Waals surface area contributed by atoms with Gasteiger partial charge in [0.1, 0.15) is 10.5 Å². The molecule has 5 rings (SSSR count). The molecule has 30 heavy (non-hydrogen) atoms. The lowest BCUT2D eigenvalue weighted by atomic mass is 9.83. The van der Waals surface area contributed by atoms with Crippen molar-refractivity contribution in [3.05, 3.63) is 47.8 Å². The number of para-hydroxylation sites is 1. The van der Waals surface area contributed by atoms with Crippen LogP contribution in [0.2, 0.25) is 0 Å². The van der Waals surface area contributed by atoms with Gasteiger partial charge >= 0.3 is 6.01 Å². The van der Waals surface area contributed by atoms with E-state index in [-0.39, 0.29) is 43.3 Å². The highest BCUT2D eigenvalue weighted by Gasteiger charge is 2.63. The van der Waals surface area contributed by atoms with E-state index in [1.165, 1.54) is 0 Å². The normalized spacial score (nSPS) is 25.4. The van der Waals surface area contributed by atoms with Crippen LogP contribution in [0, 0.1) is 12.8 Å². The molecule has 0 bridgehead atoms. The molecule has 4 heterocycles. The monoisotopic (exact) mass is 429 g/mol. The second-order valence-electron chi connectivity index (χ2n) is 8.27. The highest BCUT2D eigenvalue weighted by molar-refractivity contribution is 7.93. The molecule has 2 fully saturated rings. The molecule has 0 aliphatic carbocycles. The molecule has 0 saturated carbocycles. The zero-order valence-electron chi connectivity index (χ0n) is 16.7. The van der Waals surface area contributed by atoms with E-state index >= 15 is 0 Å². The summed E-state index contributed by atoms with van der Waals surface area (Å²) in [5.74, 6) is 0.491. The molecule has 8 nitrogen and oxygen atoms in total. The van der Waals surface area contributed by atoms with Gasteiger partial charge in [0.25, 0.3) is 5.91 Å². The van der Waals surface area contributed by atoms with Gasteiger partial charge in [0.2, 0.25) is 0 Å². The van der Waals surface area contributed by atoms with E-state index in [2.05, 4.69) is 9.97 Å². The Morgan fingerprint density at radius 2 is 2.10 bits per heavy atom. The fraction of sp³-hybridized carbons (Fsp3) is 0.476. The molecular weight excluding hydrogens is 406 g/mol. The number of aromatic nitrogens is 2. The lowest BCUT2D eigenvalue weighted by molar-refractivity contribution is -0.144. The van der Waals surface area contributed by atoms with E-state index in [0.717, 1.165) is 17.0 Å². The van der Waals surface area contributed by atoms with Crippen molar-refractivity contribution >= 4 is 15.7 Å². The molecule has 3 aliphatic rings. The molecule has 0 radical (unpaired) electrons. The number of benzene rings is 1. The Kier molecular flexibility index (Phi) is 4.46. The Hall–Kier alpha value is -2.68. The number of aryl methyl sites for hydroxylation is 1. The zero-order valence-corrected chi connectivity index (χ0v) is 17.5. The smallest absolute Gasteiger partial charge is 0.316 e. The Morgan fingerprint density at radius 1 is 1.30 bits per heavy atom. The van der Waals surface area contributed by atoms with Crippen LogP contribution in [0.25, 0.3) is 0 Å². The van der Waals surface area contributed by atoms with Crippen LogP contribution in [-0.2, 0) is 21.1 Å². The molecule has 2 aromatic rings. The summed E-state index contributed by atoms with van der Waals surface area (Å²) >= 11 is 0. The summed E-state index contributed by atoms with van der Waals surface area (Å²) in [6.45, 7) is 2.44. The van der Waals surface area contributed by atoms with E-state index in [1.807, 2.05) is 31.2 Å². The van der Waals surface area contributed by atoms with Crippen molar-refractivity contribution in [3.8, 4) is 11.8 Å². The first-order valence-corrected chi connectivity index (χ1v) is 11.7. The molecule has 2 saturated heterocycles. The molecule has 1 aromatic carbocycles. The summed E-state index contributed by atoms with van der Waals surface area (Å²) < 4.78 is 36.3. The van der Waals surface area contributed by atoms with Crippen LogP contribution < -0.4 is 9.47 Å². The first kappa shape index (κ1) is 19.3. The second-order valence-corrected chi connectivity index (χ2v) is 10.7. The number of carbonyl (C=O) groups is 1. The number of sulfone groups is 1. The number of likely N-dealkylation sites (tertiary alicyclic amines) is 1. The maximum atomic E-state index is 12.9. The van der Waals surface area contributed by atoms with Crippen LogP contribution in [0.15, 0.2) is 36.5 Å². The molecule has 0 unspecified atom stereocenters. The SMILES string of the molecule is Cc1ccnc(OC[C@@H]2CCS(=O)(=O)C23CN(C(=O)[C@@H]2Cc4ccccc4O2)C3)n1. The topological polar surface area (TPSA) is 98.7 Å². The fourth-order valence-electron chi connectivity index (χ4n) is 4.66. The summed E-state index contributed by atoms with van der Waals surface area (Å²) in [5, 5.41) is 0. The van der Waals surface area contributed by atoms with Gasteiger partial charge in [-0.3, -0.25) is 4.79 Å². The Labute approximate surface area is 175 Å². The fourth-order valence-corrected chi connectivity index (χ4v) is 7.06. The lowest BCUT2D eigenvalue weighted by Crippen LogP contribution is -2.70. The van der Waals surface area contributed by atoms with Gasteiger partial charge in [-0.15, -0.1) is 0 Å². The predicted molar refractivity (Wildman–Crippen MR) is 108 cm³/mol. The number of carbonyl (C=O) groups excluding carboxylic acids is 1. The average Bonchev–Trinajstić information content (AvgIpc) is 3.23. The summed E-state index contributed by atoms with van der Waals surface area (Å²) in [4.78, 5) is 22.8. The van der Waals surface area contributed by atoms with Gasteiger partial charge in [0.15, 0.2) is 15.9 Å². The summed E-state index contributed by atoms with van der Waals surface area (Å²) in [7, 11) is -3.31. The molecule has 3 aliphatic heterocycles. The molecule has 1 spiro atoms. The Balaban J connectivity index is 1.26. The van der Waals surface area contributed by atoms with Crippen LogP contribution in [0.3, 0.4) is 0 Å². The third-order valence-corrected chi connectivity index (χ3v) is 9.04. The van der Waals surface area contributed by atoms with E-state index in [1.54, 1.807) is 17.2 Å². The minimum atomic E-state index is -3.31. The van der Waals surface area contributed by atoms with Crippen molar-refractivity contribution in [2.75, 3.05) is 25.4 Å². The van der Waals surface area contributed by atoms with Gasteiger partial charge in [0, 0.05) is 37.3 Å². The summed E-state index contributed by atoms with van der Waals surface area (Å²) in [6, 6.07) is 9.61. The van der Waals surface area contributed by atoms with E-state index in [0.29, 0.717) is 12.8 Å². The molecular formula is C21H23N3O5S. The largest absolute Gasteiger partial charge is 0.480 e. The highest BCUT2D eigenvalue weighted by Crippen LogP contribution is 2.45. The van der Waals surface area contributed by atoms with Crippen molar-refractivity contribution in [2.24, 2.45) is 5.92 Å². The number of nitrogens with zero attached hydrogens (tertiary/aromatic N) is 3. The van der Waals surface area contributed by atoms with Crippen LogP contribution in [0.1, 0.15) is 17.7 Å².